The third-order valence-corrected chi connectivity index (χ3v) is 3.76. The summed E-state index contributed by atoms with van der Waals surface area (Å²) < 4.78 is 0. The molecule has 1 fully saturated rings. The van der Waals surface area contributed by atoms with E-state index in [1.165, 1.54) is 0 Å². The Morgan fingerprint density at radius 3 is 2.67 bits per heavy atom. The van der Waals surface area contributed by atoms with Crippen LogP contribution in [0.5, 0.6) is 0 Å². The van der Waals surface area contributed by atoms with Crippen molar-refractivity contribution in [2.75, 3.05) is 25.0 Å². The Hall–Kier alpha value is -0.0900. The maximum absolute atomic E-state index is 11.5. The van der Waals surface area contributed by atoms with Crippen LogP contribution in [0.4, 0.5) is 0 Å². The predicted octanol–water partition coefficient (Wildman–Crippen LogP) is 1.78. The highest BCUT2D eigenvalue weighted by Gasteiger charge is 2.27. The maximum Gasteiger partial charge on any atom is 0.222 e. The van der Waals surface area contributed by atoms with Crippen molar-refractivity contribution in [3.63, 3.8) is 0 Å². The van der Waals surface area contributed by atoms with Gasteiger partial charge in [0.2, 0.25) is 5.91 Å². The minimum Gasteiger partial charge on any atom is -0.396 e. The maximum atomic E-state index is 11.5. The molecule has 3 nitrogen and oxygen atoms in total. The first-order valence-corrected chi connectivity index (χ1v) is 6.84. The van der Waals surface area contributed by atoms with Crippen molar-refractivity contribution in [3.05, 3.63) is 0 Å². The molecule has 0 bridgehead atoms. The Bertz CT molecular complexity index is 199. The fourth-order valence-electron chi connectivity index (χ4n) is 1.94. The van der Waals surface area contributed by atoms with Crippen molar-refractivity contribution in [1.82, 2.24) is 4.90 Å². The van der Waals surface area contributed by atoms with E-state index in [0.29, 0.717) is 18.2 Å². The summed E-state index contributed by atoms with van der Waals surface area (Å²) in [6.07, 6.45) is 4.85. The molecular formula is C11H20BrNO2. The first kappa shape index (κ1) is 13.0. The van der Waals surface area contributed by atoms with Gasteiger partial charge in [0, 0.05) is 31.4 Å². The number of carbonyl (C=O) groups excluding carboxylic acids is 1. The Balaban J connectivity index is 2.08. The zero-order valence-corrected chi connectivity index (χ0v) is 10.7. The largest absolute Gasteiger partial charge is 0.396 e. The molecule has 0 aromatic carbocycles. The molecule has 1 atom stereocenters. The summed E-state index contributed by atoms with van der Waals surface area (Å²) >= 11 is 3.43. The highest BCUT2D eigenvalue weighted by Crippen LogP contribution is 2.20. The number of hydrogen-bond acceptors (Lipinski definition) is 2. The number of aliphatic hydroxyl groups excluding tert-OH is 1. The van der Waals surface area contributed by atoms with E-state index >= 15 is 0 Å². The molecule has 1 heterocycles. The van der Waals surface area contributed by atoms with Crippen molar-refractivity contribution in [1.29, 1.82) is 0 Å². The van der Waals surface area contributed by atoms with Gasteiger partial charge in [0.1, 0.15) is 0 Å². The highest BCUT2D eigenvalue weighted by atomic mass is 79.9. The number of alkyl halides is 1. The molecule has 0 radical (unpaired) electrons. The van der Waals surface area contributed by atoms with Crippen LogP contribution < -0.4 is 0 Å². The molecule has 1 unspecified atom stereocenters. The number of likely N-dealkylation sites (tertiary alicyclic amines) is 1. The van der Waals surface area contributed by atoms with Crippen LogP contribution in [0, 0.1) is 5.92 Å². The average Bonchev–Trinajstić information content (AvgIpc) is 2.59. The molecule has 15 heavy (non-hydrogen) atoms. The van der Waals surface area contributed by atoms with Gasteiger partial charge in [0.05, 0.1) is 0 Å². The summed E-state index contributed by atoms with van der Waals surface area (Å²) in [6.45, 7) is 2.10. The van der Waals surface area contributed by atoms with E-state index in [1.807, 2.05) is 4.90 Å². The van der Waals surface area contributed by atoms with E-state index in [2.05, 4.69) is 15.9 Å². The number of unbranched alkanes of at least 4 members (excludes halogenated alkanes) is 3. The molecule has 1 N–H and O–H groups in total. The molecule has 0 aromatic heterocycles. The highest BCUT2D eigenvalue weighted by molar-refractivity contribution is 9.09. The minimum absolute atomic E-state index is 0.286. The smallest absolute Gasteiger partial charge is 0.222 e. The van der Waals surface area contributed by atoms with Crippen LogP contribution in [0.15, 0.2) is 0 Å². The molecule has 0 aliphatic carbocycles. The zero-order chi connectivity index (χ0) is 11.1. The SMILES string of the molecule is O=C1CC(CBr)CN1CCCCCCO. The van der Waals surface area contributed by atoms with E-state index in [9.17, 15) is 4.79 Å². The molecule has 1 rings (SSSR count). The molecule has 0 aromatic rings. The van der Waals surface area contributed by atoms with Gasteiger partial charge >= 0.3 is 0 Å². The molecule has 1 amide bonds. The van der Waals surface area contributed by atoms with Gasteiger partial charge in [0.15, 0.2) is 0 Å². The van der Waals surface area contributed by atoms with Gasteiger partial charge in [-0.3, -0.25) is 4.79 Å². The Morgan fingerprint density at radius 1 is 1.33 bits per heavy atom. The van der Waals surface area contributed by atoms with Gasteiger partial charge in [-0.05, 0) is 18.8 Å². The van der Waals surface area contributed by atoms with E-state index in [4.69, 9.17) is 5.11 Å². The molecular weight excluding hydrogens is 258 g/mol. The molecule has 1 aliphatic rings. The number of carbonyl (C=O) groups is 1. The van der Waals surface area contributed by atoms with Gasteiger partial charge in [-0.1, -0.05) is 28.8 Å². The van der Waals surface area contributed by atoms with Gasteiger partial charge in [-0.15, -0.1) is 0 Å². The van der Waals surface area contributed by atoms with E-state index in [1.54, 1.807) is 0 Å². The van der Waals surface area contributed by atoms with E-state index in [-0.39, 0.29) is 6.61 Å². The lowest BCUT2D eigenvalue weighted by Gasteiger charge is -2.15. The van der Waals surface area contributed by atoms with E-state index < -0.39 is 0 Å². The summed E-state index contributed by atoms with van der Waals surface area (Å²) in [5, 5.41) is 9.55. The van der Waals surface area contributed by atoms with Gasteiger partial charge in [-0.25, -0.2) is 0 Å². The topological polar surface area (TPSA) is 40.5 Å². The summed E-state index contributed by atoms with van der Waals surface area (Å²) in [7, 11) is 0. The Kier molecular flexibility index (Phi) is 6.25. The molecule has 0 saturated carbocycles. The summed E-state index contributed by atoms with van der Waals surface area (Å²) in [6, 6.07) is 0. The summed E-state index contributed by atoms with van der Waals surface area (Å²) in [5.74, 6) is 0.816. The first-order chi connectivity index (χ1) is 7.27. The monoisotopic (exact) mass is 277 g/mol. The standard InChI is InChI=1S/C11H20BrNO2/c12-8-10-7-11(15)13(9-10)5-3-1-2-4-6-14/h10,14H,1-9H2. The Morgan fingerprint density at radius 2 is 2.07 bits per heavy atom. The number of amides is 1. The quantitative estimate of drug-likeness (QED) is 0.569. The predicted molar refractivity (Wildman–Crippen MR) is 64.0 cm³/mol. The second-order valence-electron chi connectivity index (χ2n) is 4.20. The van der Waals surface area contributed by atoms with Crippen molar-refractivity contribution < 1.29 is 9.90 Å². The summed E-state index contributed by atoms with van der Waals surface area (Å²) in [5.41, 5.74) is 0. The van der Waals surface area contributed by atoms with Crippen LogP contribution in [0.25, 0.3) is 0 Å². The first-order valence-electron chi connectivity index (χ1n) is 5.72. The number of aliphatic hydroxyl groups is 1. The van der Waals surface area contributed by atoms with Gasteiger partial charge in [0.25, 0.3) is 0 Å². The van der Waals surface area contributed by atoms with Crippen molar-refractivity contribution in [2.24, 2.45) is 5.92 Å². The summed E-state index contributed by atoms with van der Waals surface area (Å²) in [4.78, 5) is 13.5. The number of rotatable bonds is 7. The van der Waals surface area contributed by atoms with Crippen LogP contribution >= 0.6 is 15.9 Å². The van der Waals surface area contributed by atoms with Crippen LogP contribution in [-0.2, 0) is 4.79 Å². The van der Waals surface area contributed by atoms with Gasteiger partial charge in [-0.2, -0.15) is 0 Å². The number of nitrogens with zero attached hydrogens (tertiary/aromatic N) is 1. The van der Waals surface area contributed by atoms with Crippen LogP contribution in [0.1, 0.15) is 32.1 Å². The fourth-order valence-corrected chi connectivity index (χ4v) is 2.38. The van der Waals surface area contributed by atoms with Crippen molar-refractivity contribution in [3.8, 4) is 0 Å². The molecule has 88 valence electrons. The molecule has 1 aliphatic heterocycles. The van der Waals surface area contributed by atoms with Gasteiger partial charge < -0.3 is 10.0 Å². The Labute approximate surface area is 100.0 Å². The third kappa shape index (κ3) is 4.51. The third-order valence-electron chi connectivity index (χ3n) is 2.85. The second kappa shape index (κ2) is 7.23. The van der Waals surface area contributed by atoms with Crippen molar-refractivity contribution in [2.45, 2.75) is 32.1 Å². The lowest BCUT2D eigenvalue weighted by Crippen LogP contribution is -2.26. The number of halogens is 1. The normalized spacial score (nSPS) is 21.3. The number of hydrogen-bond donors (Lipinski definition) is 1. The zero-order valence-electron chi connectivity index (χ0n) is 9.12. The van der Waals surface area contributed by atoms with Crippen LogP contribution in [0.3, 0.4) is 0 Å². The minimum atomic E-state index is 0.286. The lowest BCUT2D eigenvalue weighted by atomic mass is 10.2. The fraction of sp³-hybridized carbons (Fsp3) is 0.909. The lowest BCUT2D eigenvalue weighted by molar-refractivity contribution is -0.127. The molecule has 0 spiro atoms. The molecule has 1 saturated heterocycles. The second-order valence-corrected chi connectivity index (χ2v) is 4.85. The van der Waals surface area contributed by atoms with Crippen molar-refractivity contribution >= 4 is 21.8 Å². The van der Waals surface area contributed by atoms with Crippen LogP contribution in [0.2, 0.25) is 0 Å². The van der Waals surface area contributed by atoms with E-state index in [0.717, 1.165) is 44.1 Å². The molecule has 4 heteroatoms. The van der Waals surface area contributed by atoms with Crippen LogP contribution in [-0.4, -0.2) is 40.9 Å². The average molecular weight is 278 g/mol.